The lowest BCUT2D eigenvalue weighted by molar-refractivity contribution is -0.128. The maximum absolute atomic E-state index is 12.3. The van der Waals surface area contributed by atoms with Crippen molar-refractivity contribution in [1.82, 2.24) is 29.9 Å². The van der Waals surface area contributed by atoms with Crippen LogP contribution in [-0.2, 0) is 4.79 Å². The third-order valence-corrected chi connectivity index (χ3v) is 7.28. The van der Waals surface area contributed by atoms with Gasteiger partial charge in [-0.3, -0.25) is 14.8 Å². The molecule has 3 aromatic rings. The molecule has 6 rings (SSSR count). The highest BCUT2D eigenvalue weighted by atomic mass is 16.3. The average Bonchev–Trinajstić information content (AvgIpc) is 3.42. The van der Waals surface area contributed by atoms with E-state index in [9.17, 15) is 14.7 Å². The van der Waals surface area contributed by atoms with E-state index in [4.69, 9.17) is 9.98 Å². The number of amides is 1. The zero-order valence-corrected chi connectivity index (χ0v) is 19.5. The number of imidazole rings is 1. The molecule has 1 amide bonds. The van der Waals surface area contributed by atoms with Crippen LogP contribution in [0.4, 0.5) is 5.82 Å². The molecule has 184 valence electrons. The van der Waals surface area contributed by atoms with Crippen LogP contribution in [0.5, 0.6) is 5.88 Å². The predicted molar refractivity (Wildman–Crippen MR) is 129 cm³/mol. The summed E-state index contributed by atoms with van der Waals surface area (Å²) in [7, 11) is 0. The van der Waals surface area contributed by atoms with Gasteiger partial charge in [0, 0.05) is 29.3 Å². The second-order valence-electron chi connectivity index (χ2n) is 10.0. The first kappa shape index (κ1) is 21.9. The Morgan fingerprint density at radius 1 is 1.11 bits per heavy atom. The molecule has 0 aliphatic heterocycles. The van der Waals surface area contributed by atoms with Gasteiger partial charge < -0.3 is 20.7 Å². The largest absolute Gasteiger partial charge is 0.493 e. The van der Waals surface area contributed by atoms with Gasteiger partial charge in [-0.2, -0.15) is 9.61 Å². The number of aromatic amines is 2. The van der Waals surface area contributed by atoms with Gasteiger partial charge in [-0.05, 0) is 57.4 Å². The summed E-state index contributed by atoms with van der Waals surface area (Å²) in [6, 6.07) is 2.76. The summed E-state index contributed by atoms with van der Waals surface area (Å²) in [6.45, 7) is 0. The number of aromatic nitrogens is 5. The molecule has 0 radical (unpaired) electrons. The molecule has 0 atom stereocenters. The van der Waals surface area contributed by atoms with Crippen LogP contribution in [0.25, 0.3) is 11.7 Å². The fraction of sp³-hybridized carbons (Fsp3) is 0.542. The molecule has 3 heterocycles. The summed E-state index contributed by atoms with van der Waals surface area (Å²) in [5.41, 5.74) is 1.11. The average molecular weight is 479 g/mol. The number of nitrogens with one attached hydrogen (secondary N) is 4. The van der Waals surface area contributed by atoms with E-state index < -0.39 is 5.69 Å². The van der Waals surface area contributed by atoms with Crippen LogP contribution in [0.1, 0.15) is 63.5 Å². The van der Waals surface area contributed by atoms with E-state index in [2.05, 4.69) is 25.7 Å². The highest BCUT2D eigenvalue weighted by molar-refractivity contribution is 5.79. The maximum atomic E-state index is 12.3. The van der Waals surface area contributed by atoms with Crippen molar-refractivity contribution < 1.29 is 9.90 Å². The Hall–Kier alpha value is -3.63. The third kappa shape index (κ3) is 4.67. The molecule has 3 fully saturated rings. The van der Waals surface area contributed by atoms with Crippen LogP contribution in [-0.4, -0.2) is 53.7 Å². The van der Waals surface area contributed by atoms with E-state index in [1.807, 2.05) is 6.07 Å². The molecule has 3 aliphatic carbocycles. The number of carbonyl (C=O) groups excluding carboxylic acids is 1. The van der Waals surface area contributed by atoms with Gasteiger partial charge in [0.2, 0.25) is 11.8 Å². The van der Waals surface area contributed by atoms with Crippen LogP contribution >= 0.6 is 0 Å². The highest BCUT2D eigenvalue weighted by Gasteiger charge is 2.29. The molecule has 0 saturated heterocycles. The molecule has 11 nitrogen and oxygen atoms in total. The first-order valence-corrected chi connectivity index (χ1v) is 12.5. The Balaban J connectivity index is 1.23. The Bertz CT molecular complexity index is 1420. The highest BCUT2D eigenvalue weighted by Crippen LogP contribution is 2.28. The number of fused-ring (bicyclic) bond motifs is 1. The fourth-order valence-electron chi connectivity index (χ4n) is 4.85. The van der Waals surface area contributed by atoms with Crippen molar-refractivity contribution in [1.29, 1.82) is 0 Å². The number of anilines is 1. The molecule has 35 heavy (non-hydrogen) atoms. The molecule has 0 bridgehead atoms. The number of hydrogen-bond donors (Lipinski definition) is 5. The quantitative estimate of drug-likeness (QED) is 0.352. The standard InChI is InChI=1S/C24H30N8O3/c33-22(13-2-1-3-13)28-17-8-4-15(5-9-17)26-19-11-20(27-16-6-7-16)32-21(30-19)14(12-25-32)10-18-23(34)31-24(35)29-18/h10-13,15-17,26,34H,1-9H2,(H,28,33)(H2,29,31,35)/b14-10-,27-20?. The lowest BCUT2D eigenvalue weighted by Gasteiger charge is -2.32. The van der Waals surface area contributed by atoms with Crippen molar-refractivity contribution >= 4 is 23.4 Å². The summed E-state index contributed by atoms with van der Waals surface area (Å²) >= 11 is 0. The second-order valence-corrected chi connectivity index (χ2v) is 10.0. The second kappa shape index (κ2) is 8.86. The normalized spacial score (nSPS) is 24.0. The first-order chi connectivity index (χ1) is 17.0. The van der Waals surface area contributed by atoms with Gasteiger partial charge in [-0.25, -0.2) is 9.78 Å². The predicted octanol–water partition coefficient (Wildman–Crippen LogP) is 0.702. The molecule has 3 aliphatic rings. The number of rotatable bonds is 6. The van der Waals surface area contributed by atoms with Gasteiger partial charge in [-0.15, -0.1) is 0 Å². The summed E-state index contributed by atoms with van der Waals surface area (Å²) in [5, 5.41) is 21.9. The topological polar surface area (TPSA) is 153 Å². The van der Waals surface area contributed by atoms with E-state index in [0.717, 1.165) is 62.7 Å². The monoisotopic (exact) mass is 478 g/mol. The van der Waals surface area contributed by atoms with Crippen LogP contribution in [0.15, 0.2) is 22.1 Å². The molecule has 0 unspecified atom stereocenters. The van der Waals surface area contributed by atoms with Crippen LogP contribution in [0.2, 0.25) is 0 Å². The van der Waals surface area contributed by atoms with Crippen LogP contribution in [0.3, 0.4) is 0 Å². The summed E-state index contributed by atoms with van der Waals surface area (Å²) in [5.74, 6) is 0.946. The Kier molecular flexibility index (Phi) is 5.54. The van der Waals surface area contributed by atoms with Gasteiger partial charge in [0.15, 0.2) is 11.1 Å². The molecule has 3 aromatic heterocycles. The molecule has 3 saturated carbocycles. The minimum Gasteiger partial charge on any atom is -0.493 e. The van der Waals surface area contributed by atoms with E-state index in [0.29, 0.717) is 16.9 Å². The Morgan fingerprint density at radius 2 is 1.89 bits per heavy atom. The third-order valence-electron chi connectivity index (χ3n) is 7.28. The Labute approximate surface area is 200 Å². The fourth-order valence-corrected chi connectivity index (χ4v) is 4.85. The van der Waals surface area contributed by atoms with Crippen molar-refractivity contribution in [3.05, 3.63) is 39.1 Å². The minimum absolute atomic E-state index is 0.225. The van der Waals surface area contributed by atoms with Gasteiger partial charge in [-0.1, -0.05) is 6.42 Å². The van der Waals surface area contributed by atoms with Gasteiger partial charge in [0.1, 0.15) is 11.5 Å². The summed E-state index contributed by atoms with van der Waals surface area (Å²) in [6.07, 6.45) is 12.5. The van der Waals surface area contributed by atoms with Crippen molar-refractivity contribution in [2.45, 2.75) is 75.9 Å². The van der Waals surface area contributed by atoms with E-state index in [1.165, 1.54) is 6.42 Å². The number of carbonyl (C=O) groups is 1. The van der Waals surface area contributed by atoms with E-state index >= 15 is 0 Å². The molecular formula is C24H30N8O3. The van der Waals surface area contributed by atoms with Crippen molar-refractivity contribution in [2.24, 2.45) is 10.9 Å². The van der Waals surface area contributed by atoms with Crippen molar-refractivity contribution in [2.75, 3.05) is 5.32 Å². The Morgan fingerprint density at radius 3 is 2.54 bits per heavy atom. The van der Waals surface area contributed by atoms with Gasteiger partial charge >= 0.3 is 5.69 Å². The zero-order chi connectivity index (χ0) is 23.9. The summed E-state index contributed by atoms with van der Waals surface area (Å²) < 4.78 is 1.70. The van der Waals surface area contributed by atoms with E-state index in [1.54, 1.807) is 16.8 Å². The lowest BCUT2D eigenvalue weighted by atomic mass is 9.84. The molecular weight excluding hydrogens is 448 g/mol. The van der Waals surface area contributed by atoms with Crippen molar-refractivity contribution in [3.8, 4) is 5.88 Å². The van der Waals surface area contributed by atoms with Crippen molar-refractivity contribution in [3.63, 3.8) is 0 Å². The zero-order valence-electron chi connectivity index (χ0n) is 19.5. The van der Waals surface area contributed by atoms with E-state index in [-0.39, 0.29) is 35.5 Å². The van der Waals surface area contributed by atoms with Gasteiger partial charge in [0.05, 0.1) is 12.2 Å². The van der Waals surface area contributed by atoms with Gasteiger partial charge in [0.25, 0.3) is 0 Å². The number of nitrogens with zero attached hydrogens (tertiary/aromatic N) is 4. The number of H-pyrrole nitrogens is 2. The number of hydrogen-bond acceptors (Lipinski definition) is 7. The lowest BCUT2D eigenvalue weighted by Crippen LogP contribution is -2.44. The molecule has 0 aromatic carbocycles. The van der Waals surface area contributed by atoms with Crippen LogP contribution in [0, 0.1) is 5.92 Å². The smallest absolute Gasteiger partial charge is 0.326 e. The molecule has 0 spiro atoms. The SMILES string of the molecule is O=C(NC1CCC(Nc2cc(=NC3CC3)n3nc/c(=C/c4[nH]c(=O)[nH]c4O)c3n2)CC1)C1CCC1. The molecule has 5 N–H and O–H groups in total. The first-order valence-electron chi connectivity index (χ1n) is 12.5. The number of aromatic hydroxyl groups is 1. The minimum atomic E-state index is -0.482. The van der Waals surface area contributed by atoms with Crippen LogP contribution < -0.4 is 27.0 Å². The maximum Gasteiger partial charge on any atom is 0.326 e. The summed E-state index contributed by atoms with van der Waals surface area (Å²) in [4.78, 5) is 38.3. The molecule has 11 heteroatoms.